The number of furan rings is 1. The first kappa shape index (κ1) is 32.0. The van der Waals surface area contributed by atoms with Crippen molar-refractivity contribution in [2.75, 3.05) is 0 Å². The third-order valence-corrected chi connectivity index (χ3v) is 10.1. The van der Waals surface area contributed by atoms with Crippen molar-refractivity contribution < 1.29 is 4.42 Å². The number of hydrogen-bond donors (Lipinski definition) is 0. The molecule has 8 aromatic carbocycles. The maximum Gasteiger partial charge on any atom is 0.164 e. The Morgan fingerprint density at radius 3 is 1.67 bits per heavy atom. The molecule has 0 aliphatic heterocycles. The van der Waals surface area contributed by atoms with Crippen molar-refractivity contribution in [3.8, 4) is 73.6 Å². The molecular weight excluding hydrogens is 673 g/mol. The SMILES string of the molecule is N#Cc1cccc(-c2ccc(-c3nc(-c4ccccc4)nc(-c4ccc5c(c4)oc4cc6ccccc6c(-c6cccc(-c7ccccc7)c6)c45)n3)cc2)c1. The van der Waals surface area contributed by atoms with Crippen LogP contribution in [0.5, 0.6) is 0 Å². The predicted molar refractivity (Wildman–Crippen MR) is 222 cm³/mol. The second-order valence-electron chi connectivity index (χ2n) is 13.5. The summed E-state index contributed by atoms with van der Waals surface area (Å²) in [6.45, 7) is 0. The molecule has 0 atom stereocenters. The summed E-state index contributed by atoms with van der Waals surface area (Å²) >= 11 is 0. The minimum absolute atomic E-state index is 0.554. The molecule has 0 fully saturated rings. The highest BCUT2D eigenvalue weighted by Crippen LogP contribution is 2.43. The van der Waals surface area contributed by atoms with Gasteiger partial charge in [-0.1, -0.05) is 146 Å². The molecule has 0 aliphatic carbocycles. The van der Waals surface area contributed by atoms with E-state index in [4.69, 9.17) is 19.4 Å². The average molecular weight is 703 g/mol. The van der Waals surface area contributed by atoms with Crippen LogP contribution in [0.2, 0.25) is 0 Å². The molecule has 0 N–H and O–H groups in total. The molecule has 0 radical (unpaired) electrons. The van der Waals surface area contributed by atoms with Crippen molar-refractivity contribution in [3.05, 3.63) is 188 Å². The van der Waals surface area contributed by atoms with Crippen LogP contribution < -0.4 is 0 Å². The van der Waals surface area contributed by atoms with E-state index in [1.165, 1.54) is 10.9 Å². The fourth-order valence-electron chi connectivity index (χ4n) is 7.46. The van der Waals surface area contributed by atoms with Crippen molar-refractivity contribution in [2.45, 2.75) is 0 Å². The monoisotopic (exact) mass is 702 g/mol. The highest BCUT2D eigenvalue weighted by Gasteiger charge is 2.19. The van der Waals surface area contributed by atoms with Crippen molar-refractivity contribution in [3.63, 3.8) is 0 Å². The number of nitrogens with zero attached hydrogens (tertiary/aromatic N) is 4. The van der Waals surface area contributed by atoms with E-state index in [2.05, 4.69) is 97.1 Å². The zero-order chi connectivity index (χ0) is 36.7. The van der Waals surface area contributed by atoms with E-state index in [0.717, 1.165) is 71.8 Å². The van der Waals surface area contributed by atoms with Crippen LogP contribution >= 0.6 is 0 Å². The molecule has 0 saturated heterocycles. The van der Waals surface area contributed by atoms with E-state index in [9.17, 15) is 5.26 Å². The number of rotatable bonds is 6. The molecule has 0 amide bonds. The Bertz CT molecular complexity index is 3090. The van der Waals surface area contributed by atoms with Gasteiger partial charge < -0.3 is 4.42 Å². The van der Waals surface area contributed by atoms with Gasteiger partial charge in [-0.2, -0.15) is 5.26 Å². The van der Waals surface area contributed by atoms with Crippen LogP contribution in [-0.4, -0.2) is 15.0 Å². The normalized spacial score (nSPS) is 11.3. The highest BCUT2D eigenvalue weighted by molar-refractivity contribution is 6.21. The second kappa shape index (κ2) is 13.4. The molecule has 55 heavy (non-hydrogen) atoms. The van der Waals surface area contributed by atoms with Crippen LogP contribution in [-0.2, 0) is 0 Å². The Morgan fingerprint density at radius 1 is 0.382 bits per heavy atom. The molecule has 0 bridgehead atoms. The number of aromatic nitrogens is 3. The zero-order valence-corrected chi connectivity index (χ0v) is 29.5. The lowest BCUT2D eigenvalue weighted by Crippen LogP contribution is -2.00. The lowest BCUT2D eigenvalue weighted by molar-refractivity contribution is 0.669. The van der Waals surface area contributed by atoms with E-state index >= 15 is 0 Å². The van der Waals surface area contributed by atoms with Crippen LogP contribution in [0.15, 0.2) is 186 Å². The lowest BCUT2D eigenvalue weighted by Gasteiger charge is -2.11. The van der Waals surface area contributed by atoms with Crippen LogP contribution in [0.3, 0.4) is 0 Å². The summed E-state index contributed by atoms with van der Waals surface area (Å²) in [5.41, 5.74) is 11.4. The Kier molecular flexibility index (Phi) is 7.79. The summed E-state index contributed by atoms with van der Waals surface area (Å²) in [7, 11) is 0. The quantitative estimate of drug-likeness (QED) is 0.172. The van der Waals surface area contributed by atoms with Crippen molar-refractivity contribution >= 4 is 32.7 Å². The van der Waals surface area contributed by atoms with Crippen molar-refractivity contribution in [1.82, 2.24) is 15.0 Å². The lowest BCUT2D eigenvalue weighted by atomic mass is 9.91. The van der Waals surface area contributed by atoms with Gasteiger partial charge in [0.1, 0.15) is 11.2 Å². The molecule has 10 rings (SSSR count). The number of nitriles is 1. The van der Waals surface area contributed by atoms with Gasteiger partial charge in [-0.15, -0.1) is 0 Å². The molecule has 5 heteroatoms. The molecule has 10 aromatic rings. The standard InChI is InChI=1S/C50H30N4O/c51-31-32-11-9-17-37(27-32)34-21-23-36(24-22-34)49-52-48(35-14-5-2-6-15-35)53-50(54-49)41-25-26-43-44(30-41)55-45-29-39-16-7-8-20-42(39)46(47(43)45)40-19-10-18-38(28-40)33-12-3-1-4-13-33/h1-30H. The Hall–Kier alpha value is -7.68. The van der Waals surface area contributed by atoms with Gasteiger partial charge in [-0.3, -0.25) is 0 Å². The summed E-state index contributed by atoms with van der Waals surface area (Å²) < 4.78 is 6.71. The Labute approximate surface area is 317 Å². The average Bonchev–Trinajstić information content (AvgIpc) is 3.63. The number of benzene rings is 8. The summed E-state index contributed by atoms with van der Waals surface area (Å²) in [5, 5.41) is 13.8. The van der Waals surface area contributed by atoms with Crippen LogP contribution in [0.4, 0.5) is 0 Å². The van der Waals surface area contributed by atoms with Gasteiger partial charge in [0.25, 0.3) is 0 Å². The third-order valence-electron chi connectivity index (χ3n) is 10.1. The third kappa shape index (κ3) is 5.89. The number of hydrogen-bond acceptors (Lipinski definition) is 5. The van der Waals surface area contributed by atoms with Crippen molar-refractivity contribution in [1.29, 1.82) is 5.26 Å². The van der Waals surface area contributed by atoms with Gasteiger partial charge >= 0.3 is 0 Å². The predicted octanol–water partition coefficient (Wildman–Crippen LogP) is 12.8. The molecule has 0 spiro atoms. The fraction of sp³-hybridized carbons (Fsp3) is 0. The molecule has 2 heterocycles. The van der Waals surface area contributed by atoms with Gasteiger partial charge in [0.2, 0.25) is 0 Å². The van der Waals surface area contributed by atoms with Crippen molar-refractivity contribution in [2.24, 2.45) is 0 Å². The topological polar surface area (TPSA) is 75.6 Å². The maximum absolute atomic E-state index is 9.40. The molecule has 5 nitrogen and oxygen atoms in total. The summed E-state index contributed by atoms with van der Waals surface area (Å²) in [5.74, 6) is 1.71. The number of fused-ring (bicyclic) bond motifs is 4. The van der Waals surface area contributed by atoms with E-state index in [-0.39, 0.29) is 0 Å². The van der Waals surface area contributed by atoms with Crippen LogP contribution in [0, 0.1) is 11.3 Å². The summed E-state index contributed by atoms with van der Waals surface area (Å²) in [6, 6.07) is 64.1. The first-order chi connectivity index (χ1) is 27.2. The molecule has 256 valence electrons. The van der Waals surface area contributed by atoms with E-state index in [1.807, 2.05) is 91.0 Å². The first-order valence-electron chi connectivity index (χ1n) is 18.2. The molecule has 2 aromatic heterocycles. The highest BCUT2D eigenvalue weighted by atomic mass is 16.3. The Morgan fingerprint density at radius 2 is 0.927 bits per heavy atom. The second-order valence-corrected chi connectivity index (χ2v) is 13.5. The van der Waals surface area contributed by atoms with Gasteiger partial charge in [-0.25, -0.2) is 15.0 Å². The van der Waals surface area contributed by atoms with Gasteiger partial charge in [0.05, 0.1) is 11.6 Å². The van der Waals surface area contributed by atoms with Gasteiger partial charge in [0.15, 0.2) is 17.5 Å². The first-order valence-corrected chi connectivity index (χ1v) is 18.2. The minimum atomic E-state index is 0.554. The van der Waals surface area contributed by atoms with Gasteiger partial charge in [-0.05, 0) is 75.0 Å². The van der Waals surface area contributed by atoms with Crippen LogP contribution in [0.1, 0.15) is 5.56 Å². The molecule has 0 unspecified atom stereocenters. The maximum atomic E-state index is 9.40. The summed E-state index contributed by atoms with van der Waals surface area (Å²) in [6.07, 6.45) is 0. The molecule has 0 saturated carbocycles. The molecule has 0 aliphatic rings. The fourth-order valence-corrected chi connectivity index (χ4v) is 7.46. The van der Waals surface area contributed by atoms with Crippen LogP contribution in [0.25, 0.3) is 100 Å². The minimum Gasteiger partial charge on any atom is -0.456 e. The smallest absolute Gasteiger partial charge is 0.164 e. The summed E-state index contributed by atoms with van der Waals surface area (Å²) in [4.78, 5) is 15.0. The molecular formula is C50H30N4O. The zero-order valence-electron chi connectivity index (χ0n) is 29.5. The largest absolute Gasteiger partial charge is 0.456 e. The van der Waals surface area contributed by atoms with E-state index in [0.29, 0.717) is 23.0 Å². The van der Waals surface area contributed by atoms with E-state index < -0.39 is 0 Å². The Balaban J connectivity index is 1.12. The van der Waals surface area contributed by atoms with Gasteiger partial charge in [0, 0.05) is 33.0 Å². The van der Waals surface area contributed by atoms with E-state index in [1.54, 1.807) is 0 Å².